The van der Waals surface area contributed by atoms with Crippen molar-refractivity contribution in [3.05, 3.63) is 65.2 Å². The van der Waals surface area contributed by atoms with E-state index in [1.807, 2.05) is 68.1 Å². The molecule has 0 saturated heterocycles. The van der Waals surface area contributed by atoms with Gasteiger partial charge in [-0.05, 0) is 70.4 Å². The maximum Gasteiger partial charge on any atom is 0.274 e. The number of ether oxygens (including phenoxy) is 1. The van der Waals surface area contributed by atoms with Crippen LogP contribution in [0.5, 0.6) is 0 Å². The zero-order valence-electron chi connectivity index (χ0n) is 17.4. The number of hydrogen-bond donors (Lipinski definition) is 1. The monoisotopic (exact) mass is 412 g/mol. The molecule has 0 spiro atoms. The molecule has 1 amide bonds. The normalized spacial score (nSPS) is 11.8. The van der Waals surface area contributed by atoms with Crippen LogP contribution in [-0.4, -0.2) is 26.5 Å². The van der Waals surface area contributed by atoms with E-state index in [2.05, 4.69) is 15.3 Å². The third-order valence-corrected chi connectivity index (χ3v) is 5.31. The Kier molecular flexibility index (Phi) is 6.82. The van der Waals surface area contributed by atoms with Crippen LogP contribution >= 0.6 is 11.3 Å². The molecular weight excluding hydrogens is 384 g/mol. The number of rotatable bonds is 9. The molecule has 3 heterocycles. The SMILES string of the molecule is CC(C)OC(C)(C)c1csc(NC(=O)c2cccn2CCCc2ccncc2)n1. The van der Waals surface area contributed by atoms with Crippen molar-refractivity contribution in [1.82, 2.24) is 14.5 Å². The predicted molar refractivity (Wildman–Crippen MR) is 116 cm³/mol. The fraction of sp³-hybridized carbons (Fsp3) is 0.409. The molecule has 0 bridgehead atoms. The Morgan fingerprint density at radius 1 is 1.28 bits per heavy atom. The lowest BCUT2D eigenvalue weighted by Gasteiger charge is -2.25. The molecule has 0 saturated carbocycles. The van der Waals surface area contributed by atoms with Gasteiger partial charge in [-0.25, -0.2) is 4.98 Å². The molecule has 154 valence electrons. The van der Waals surface area contributed by atoms with Crippen LogP contribution in [0.15, 0.2) is 48.2 Å². The van der Waals surface area contributed by atoms with Crippen LogP contribution in [0.1, 0.15) is 55.9 Å². The highest BCUT2D eigenvalue weighted by Gasteiger charge is 2.26. The van der Waals surface area contributed by atoms with Gasteiger partial charge < -0.3 is 9.30 Å². The number of nitrogens with one attached hydrogen (secondary N) is 1. The first kappa shape index (κ1) is 21.2. The highest BCUT2D eigenvalue weighted by molar-refractivity contribution is 7.14. The minimum absolute atomic E-state index is 0.0974. The Morgan fingerprint density at radius 2 is 2.03 bits per heavy atom. The van der Waals surface area contributed by atoms with Crippen molar-refractivity contribution in [3.63, 3.8) is 0 Å². The number of aromatic nitrogens is 3. The fourth-order valence-corrected chi connectivity index (χ4v) is 4.10. The number of nitrogens with zero attached hydrogens (tertiary/aromatic N) is 3. The Hall–Kier alpha value is -2.51. The van der Waals surface area contributed by atoms with Gasteiger partial charge >= 0.3 is 0 Å². The molecule has 3 aromatic rings. The maximum absolute atomic E-state index is 12.8. The molecular formula is C22H28N4O2S. The third-order valence-electron chi connectivity index (χ3n) is 4.55. The summed E-state index contributed by atoms with van der Waals surface area (Å²) >= 11 is 1.41. The molecule has 0 aliphatic heterocycles. The molecule has 0 radical (unpaired) electrons. The standard InChI is InChI=1S/C22H28N4O2S/c1-16(2)28-22(3,4)19-15-29-21(24-19)25-20(27)18-8-6-14-26(18)13-5-7-17-9-11-23-12-10-17/h6,8-12,14-16H,5,7,13H2,1-4H3,(H,24,25,27). The third kappa shape index (κ3) is 5.74. The zero-order chi connectivity index (χ0) is 20.9. The Labute approximate surface area is 176 Å². The van der Waals surface area contributed by atoms with Crippen molar-refractivity contribution in [2.75, 3.05) is 5.32 Å². The van der Waals surface area contributed by atoms with Gasteiger partial charge in [0.15, 0.2) is 5.13 Å². The van der Waals surface area contributed by atoms with Crippen molar-refractivity contribution < 1.29 is 9.53 Å². The van der Waals surface area contributed by atoms with E-state index in [-0.39, 0.29) is 12.0 Å². The van der Waals surface area contributed by atoms with E-state index in [9.17, 15) is 4.79 Å². The molecule has 0 atom stereocenters. The molecule has 0 aliphatic rings. The van der Waals surface area contributed by atoms with Crippen LogP contribution in [0.25, 0.3) is 0 Å². The second-order valence-corrected chi connectivity index (χ2v) is 8.57. The van der Waals surface area contributed by atoms with Crippen molar-refractivity contribution in [3.8, 4) is 0 Å². The Bertz CT molecular complexity index is 931. The summed E-state index contributed by atoms with van der Waals surface area (Å²) in [5.41, 5.74) is 2.20. The summed E-state index contributed by atoms with van der Waals surface area (Å²) in [6.45, 7) is 8.75. The minimum atomic E-state index is -0.499. The number of amides is 1. The first-order valence-corrected chi connectivity index (χ1v) is 10.7. The largest absolute Gasteiger partial charge is 0.367 e. The molecule has 3 rings (SSSR count). The van der Waals surface area contributed by atoms with Gasteiger partial charge in [0.2, 0.25) is 0 Å². The van der Waals surface area contributed by atoms with Crippen LogP contribution in [-0.2, 0) is 23.3 Å². The Morgan fingerprint density at radius 3 is 2.76 bits per heavy atom. The van der Waals surface area contributed by atoms with Gasteiger partial charge in [-0.2, -0.15) is 0 Å². The fourth-order valence-electron chi connectivity index (χ4n) is 3.24. The predicted octanol–water partition coefficient (Wildman–Crippen LogP) is 4.88. The van der Waals surface area contributed by atoms with Crippen molar-refractivity contribution in [2.24, 2.45) is 0 Å². The minimum Gasteiger partial charge on any atom is -0.367 e. The first-order chi connectivity index (χ1) is 13.8. The van der Waals surface area contributed by atoms with E-state index in [1.165, 1.54) is 16.9 Å². The number of hydrogen-bond acceptors (Lipinski definition) is 5. The van der Waals surface area contributed by atoms with Gasteiger partial charge in [-0.15, -0.1) is 11.3 Å². The molecule has 7 heteroatoms. The molecule has 29 heavy (non-hydrogen) atoms. The number of carbonyl (C=O) groups is 1. The lowest BCUT2D eigenvalue weighted by molar-refractivity contribution is -0.0623. The van der Waals surface area contributed by atoms with E-state index in [0.29, 0.717) is 10.8 Å². The smallest absolute Gasteiger partial charge is 0.274 e. The molecule has 0 unspecified atom stereocenters. The van der Waals surface area contributed by atoms with E-state index in [0.717, 1.165) is 25.1 Å². The molecule has 1 N–H and O–H groups in total. The molecule has 3 aromatic heterocycles. The number of pyridine rings is 1. The second-order valence-electron chi connectivity index (χ2n) is 7.71. The van der Waals surface area contributed by atoms with Crippen LogP contribution in [0.3, 0.4) is 0 Å². The summed E-state index contributed by atoms with van der Waals surface area (Å²) in [5.74, 6) is -0.151. The summed E-state index contributed by atoms with van der Waals surface area (Å²) in [6.07, 6.45) is 7.54. The van der Waals surface area contributed by atoms with E-state index < -0.39 is 5.60 Å². The van der Waals surface area contributed by atoms with Crippen molar-refractivity contribution in [1.29, 1.82) is 0 Å². The first-order valence-electron chi connectivity index (χ1n) is 9.84. The average molecular weight is 413 g/mol. The molecule has 6 nitrogen and oxygen atoms in total. The lowest BCUT2D eigenvalue weighted by atomic mass is 10.1. The van der Waals surface area contributed by atoms with Gasteiger partial charge in [0, 0.05) is 30.5 Å². The number of aryl methyl sites for hydroxylation is 2. The summed E-state index contributed by atoms with van der Waals surface area (Å²) in [4.78, 5) is 21.4. The van der Waals surface area contributed by atoms with Gasteiger partial charge in [-0.3, -0.25) is 15.1 Å². The summed E-state index contributed by atoms with van der Waals surface area (Å²) in [7, 11) is 0. The Balaban J connectivity index is 1.60. The topological polar surface area (TPSA) is 69.0 Å². The maximum atomic E-state index is 12.8. The van der Waals surface area contributed by atoms with Gasteiger partial charge in [-0.1, -0.05) is 0 Å². The number of carbonyl (C=O) groups excluding carboxylic acids is 1. The van der Waals surface area contributed by atoms with Crippen molar-refractivity contribution >= 4 is 22.4 Å². The molecule has 0 aliphatic carbocycles. The van der Waals surface area contributed by atoms with E-state index in [4.69, 9.17) is 4.74 Å². The number of anilines is 1. The van der Waals surface area contributed by atoms with E-state index in [1.54, 1.807) is 12.4 Å². The zero-order valence-corrected chi connectivity index (χ0v) is 18.2. The van der Waals surface area contributed by atoms with Gasteiger partial charge in [0.05, 0.1) is 11.8 Å². The van der Waals surface area contributed by atoms with Crippen molar-refractivity contribution in [2.45, 2.75) is 58.8 Å². The summed E-state index contributed by atoms with van der Waals surface area (Å²) in [6, 6.07) is 7.78. The second kappa shape index (κ2) is 9.33. The van der Waals surface area contributed by atoms with Gasteiger partial charge in [0.25, 0.3) is 5.91 Å². The summed E-state index contributed by atoms with van der Waals surface area (Å²) in [5, 5.41) is 5.44. The van der Waals surface area contributed by atoms with E-state index >= 15 is 0 Å². The van der Waals surface area contributed by atoms with Crippen LogP contribution < -0.4 is 5.32 Å². The number of thiazole rings is 1. The molecule has 0 aromatic carbocycles. The highest BCUT2D eigenvalue weighted by Crippen LogP contribution is 2.29. The highest BCUT2D eigenvalue weighted by atomic mass is 32.1. The van der Waals surface area contributed by atoms with Crippen LogP contribution in [0.2, 0.25) is 0 Å². The van der Waals surface area contributed by atoms with Crippen LogP contribution in [0, 0.1) is 0 Å². The molecule has 0 fully saturated rings. The van der Waals surface area contributed by atoms with Crippen LogP contribution in [0.4, 0.5) is 5.13 Å². The van der Waals surface area contributed by atoms with Gasteiger partial charge in [0.1, 0.15) is 11.3 Å². The average Bonchev–Trinajstić information content (AvgIpc) is 3.31. The quantitative estimate of drug-likeness (QED) is 0.543. The lowest BCUT2D eigenvalue weighted by Crippen LogP contribution is -2.26. The summed E-state index contributed by atoms with van der Waals surface area (Å²) < 4.78 is 7.92.